The monoisotopic (exact) mass is 630 g/mol. The third-order valence-electron chi connectivity index (χ3n) is 11.5. The molecule has 0 N–H and O–H groups in total. The molecule has 2 unspecified atom stereocenters. The molecule has 0 heterocycles. The molecular formula is C37H46Si5. The Morgan fingerprint density at radius 3 is 0.667 bits per heavy atom. The third-order valence-corrected chi connectivity index (χ3v) is 96.2. The van der Waals surface area contributed by atoms with E-state index in [0.29, 0.717) is 0 Å². The van der Waals surface area contributed by atoms with Gasteiger partial charge in [0.2, 0.25) is 0 Å². The first kappa shape index (κ1) is 30.6. The molecule has 2 atom stereocenters. The van der Waals surface area contributed by atoms with Crippen LogP contribution in [0, 0.1) is 0 Å². The molecule has 0 fully saturated rings. The van der Waals surface area contributed by atoms with Gasteiger partial charge in [0.25, 0.3) is 0 Å². The fraction of sp³-hybridized carbons (Fsp3) is 0.189. The van der Waals surface area contributed by atoms with E-state index in [0.717, 1.165) is 0 Å². The van der Waals surface area contributed by atoms with E-state index in [1.165, 1.54) is 0 Å². The first-order valence-corrected chi connectivity index (χ1v) is 32.8. The van der Waals surface area contributed by atoms with Crippen LogP contribution in [0.3, 0.4) is 0 Å². The Bertz CT molecular complexity index is 1490. The summed E-state index contributed by atoms with van der Waals surface area (Å²) in [6.45, 7) is 19.5. The van der Waals surface area contributed by atoms with Crippen LogP contribution in [-0.2, 0) is 0 Å². The van der Waals surface area contributed by atoms with Crippen LogP contribution in [0.5, 0.6) is 0 Å². The maximum Gasteiger partial charge on any atom is 0.0794 e. The number of hydrogen-bond donors (Lipinski definition) is 0. The highest BCUT2D eigenvalue weighted by molar-refractivity contribution is 7.99. The summed E-state index contributed by atoms with van der Waals surface area (Å²) in [6.07, 6.45) is 0. The minimum absolute atomic E-state index is 1.61. The molecule has 0 nitrogen and oxygen atoms in total. The zero-order chi connectivity index (χ0) is 30.1. The largest absolute Gasteiger partial charge is 0.0794 e. The number of benzene rings is 5. The normalized spacial score (nSPS) is 16.5. The predicted molar refractivity (Wildman–Crippen MR) is 200 cm³/mol. The fourth-order valence-electron chi connectivity index (χ4n) is 8.23. The number of rotatable bonds is 9. The van der Waals surface area contributed by atoms with Crippen LogP contribution in [0.15, 0.2) is 152 Å². The van der Waals surface area contributed by atoms with Crippen molar-refractivity contribution in [3.05, 3.63) is 152 Å². The van der Waals surface area contributed by atoms with E-state index in [2.05, 4.69) is 197 Å². The highest BCUT2D eigenvalue weighted by atomic mass is 29.9. The lowest BCUT2D eigenvalue weighted by molar-refractivity contribution is 1.68. The third kappa shape index (κ3) is 4.57. The van der Waals surface area contributed by atoms with Gasteiger partial charge in [0.15, 0.2) is 0 Å². The summed E-state index contributed by atoms with van der Waals surface area (Å²) in [4.78, 5) is 0. The Morgan fingerprint density at radius 2 is 0.429 bits per heavy atom. The maximum atomic E-state index is 2.89. The molecule has 5 aromatic carbocycles. The van der Waals surface area contributed by atoms with Crippen LogP contribution in [-0.4, -0.2) is 36.5 Å². The summed E-state index contributed by atoms with van der Waals surface area (Å²) in [6, 6.07) is 59.1. The van der Waals surface area contributed by atoms with Crippen LogP contribution < -0.4 is 25.9 Å². The average Bonchev–Trinajstić information content (AvgIpc) is 3.05. The molecule has 5 aromatic rings. The quantitative estimate of drug-likeness (QED) is 0.163. The first-order valence-electron chi connectivity index (χ1n) is 15.3. The Hall–Kier alpha value is -2.82. The second-order valence-electron chi connectivity index (χ2n) is 13.5. The zero-order valence-corrected chi connectivity index (χ0v) is 31.4. The molecule has 0 amide bonds. The van der Waals surface area contributed by atoms with Crippen molar-refractivity contribution in [2.24, 2.45) is 0 Å². The van der Waals surface area contributed by atoms with Crippen molar-refractivity contribution in [1.29, 1.82) is 0 Å². The molecule has 5 heteroatoms. The first-order chi connectivity index (χ1) is 20.0. The molecule has 0 saturated carbocycles. The molecule has 0 radical (unpaired) electrons. The summed E-state index contributed by atoms with van der Waals surface area (Å²) in [7, 11) is -11.0. The summed E-state index contributed by atoms with van der Waals surface area (Å²) < 4.78 is 0. The Kier molecular flexibility index (Phi) is 8.53. The van der Waals surface area contributed by atoms with Gasteiger partial charge < -0.3 is 0 Å². The summed E-state index contributed by atoms with van der Waals surface area (Å²) in [5.41, 5.74) is 0. The molecule has 0 bridgehead atoms. The lowest BCUT2D eigenvalue weighted by Gasteiger charge is -2.63. The second kappa shape index (κ2) is 11.7. The molecule has 0 saturated heterocycles. The van der Waals surface area contributed by atoms with Gasteiger partial charge in [-0.05, 0) is 0 Å². The van der Waals surface area contributed by atoms with E-state index in [1.54, 1.807) is 25.9 Å². The smallest absolute Gasteiger partial charge is 0.0688 e. The predicted octanol–water partition coefficient (Wildman–Crippen LogP) is 6.49. The van der Waals surface area contributed by atoms with Gasteiger partial charge in [-0.3, -0.25) is 0 Å². The van der Waals surface area contributed by atoms with Gasteiger partial charge in [-0.2, -0.15) is 0 Å². The molecule has 42 heavy (non-hydrogen) atoms. The van der Waals surface area contributed by atoms with Crippen molar-refractivity contribution in [3.63, 3.8) is 0 Å². The molecule has 0 aliphatic heterocycles. The van der Waals surface area contributed by atoms with Crippen LogP contribution in [0.2, 0.25) is 45.8 Å². The van der Waals surface area contributed by atoms with Crippen molar-refractivity contribution in [1.82, 2.24) is 0 Å². The van der Waals surface area contributed by atoms with E-state index in [-0.39, 0.29) is 0 Å². The van der Waals surface area contributed by atoms with Gasteiger partial charge in [-0.25, -0.2) is 0 Å². The topological polar surface area (TPSA) is 0 Å². The van der Waals surface area contributed by atoms with E-state index in [4.69, 9.17) is 0 Å². The van der Waals surface area contributed by atoms with Gasteiger partial charge in [-0.15, -0.1) is 0 Å². The Morgan fingerprint density at radius 1 is 0.238 bits per heavy atom. The van der Waals surface area contributed by atoms with Gasteiger partial charge in [0, 0.05) is 0 Å². The highest BCUT2D eigenvalue weighted by Crippen LogP contribution is 2.39. The minimum Gasteiger partial charge on any atom is -0.0688 e. The van der Waals surface area contributed by atoms with Gasteiger partial charge in [-0.1, -0.05) is 223 Å². The summed E-state index contributed by atoms with van der Waals surface area (Å²) in [5, 5.41) is 8.23. The fourth-order valence-corrected chi connectivity index (χ4v) is 124. The summed E-state index contributed by atoms with van der Waals surface area (Å²) in [5.74, 6) is 0. The SMILES string of the molecule is C[Si](C)(c1ccccc1)[Si](C)(c1ccccc1)[Si](C)(c1ccccc1)[Si](C)(c1ccccc1)[Si](C)(C)c1ccccc1. The zero-order valence-electron chi connectivity index (χ0n) is 26.4. The van der Waals surface area contributed by atoms with E-state index in [9.17, 15) is 0 Å². The van der Waals surface area contributed by atoms with Gasteiger partial charge in [0.05, 0.1) is 36.5 Å². The summed E-state index contributed by atoms with van der Waals surface area (Å²) >= 11 is 0. The maximum absolute atomic E-state index is 2.89. The van der Waals surface area contributed by atoms with E-state index >= 15 is 0 Å². The number of hydrogen-bond acceptors (Lipinski definition) is 0. The van der Waals surface area contributed by atoms with Crippen LogP contribution >= 0.6 is 0 Å². The second-order valence-corrected chi connectivity index (χ2v) is 59.6. The van der Waals surface area contributed by atoms with E-state index in [1.807, 2.05) is 0 Å². The molecule has 0 aromatic heterocycles. The van der Waals surface area contributed by atoms with Crippen LogP contribution in [0.4, 0.5) is 0 Å². The van der Waals surface area contributed by atoms with Gasteiger partial charge >= 0.3 is 0 Å². The Balaban J connectivity index is 2.00. The van der Waals surface area contributed by atoms with E-state index < -0.39 is 36.5 Å². The lowest BCUT2D eigenvalue weighted by atomic mass is 10.4. The van der Waals surface area contributed by atoms with Crippen molar-refractivity contribution >= 4 is 62.4 Å². The van der Waals surface area contributed by atoms with Crippen molar-refractivity contribution in [2.45, 2.75) is 45.8 Å². The Labute approximate surface area is 258 Å². The van der Waals surface area contributed by atoms with Gasteiger partial charge in [0.1, 0.15) is 0 Å². The lowest BCUT2D eigenvalue weighted by Crippen LogP contribution is -2.99. The minimum atomic E-state index is -2.35. The standard InChI is InChI=1S/C37H46Si5/c1-38(2,33-23-13-8-14-24-33)40(5,35-27-17-10-18-28-35)42(7,37-31-21-12-22-32-37)41(6,36-29-19-11-20-30-36)39(3,4)34-25-15-9-16-26-34/h8-32H,1-7H3. The molecule has 0 spiro atoms. The van der Waals surface area contributed by atoms with Crippen molar-refractivity contribution < 1.29 is 0 Å². The molecule has 0 aliphatic rings. The van der Waals surface area contributed by atoms with Crippen LogP contribution in [0.25, 0.3) is 0 Å². The molecule has 214 valence electrons. The molecular weight excluding hydrogens is 585 g/mol. The average molecular weight is 631 g/mol. The molecule has 5 rings (SSSR count). The highest BCUT2D eigenvalue weighted by Gasteiger charge is 2.71. The molecule has 0 aliphatic carbocycles. The van der Waals surface area contributed by atoms with Crippen molar-refractivity contribution in [3.8, 4) is 0 Å². The van der Waals surface area contributed by atoms with Crippen molar-refractivity contribution in [2.75, 3.05) is 0 Å². The van der Waals surface area contributed by atoms with Crippen LogP contribution in [0.1, 0.15) is 0 Å².